The van der Waals surface area contributed by atoms with Gasteiger partial charge in [-0.25, -0.2) is 0 Å². The maximum Gasteiger partial charge on any atom is 0.263 e. The minimum Gasteiger partial charge on any atom is -0.372 e. The minimum absolute atomic E-state index is 0.151. The number of benzene rings is 1. The minimum atomic E-state index is -0.302. The van der Waals surface area contributed by atoms with E-state index in [1.54, 1.807) is 6.20 Å². The molecule has 1 amide bonds. The first-order valence-corrected chi connectivity index (χ1v) is 8.84. The molecule has 0 atom stereocenters. The van der Waals surface area contributed by atoms with Crippen LogP contribution in [0.2, 0.25) is 0 Å². The van der Waals surface area contributed by atoms with Gasteiger partial charge in [0.05, 0.1) is 0 Å². The lowest BCUT2D eigenvalue weighted by molar-refractivity contribution is -0.117. The fraction of sp³-hybridized carbons (Fsp3) is 0.474. The molecule has 1 aliphatic heterocycles. The maximum absolute atomic E-state index is 12.3. The summed E-state index contributed by atoms with van der Waals surface area (Å²) in [6, 6.07) is 12.0. The Morgan fingerprint density at radius 3 is 2.72 bits per heavy atom. The van der Waals surface area contributed by atoms with E-state index in [1.165, 1.54) is 0 Å². The third kappa shape index (κ3) is 6.57. The zero-order valence-electron chi connectivity index (χ0n) is 14.9. The summed E-state index contributed by atoms with van der Waals surface area (Å²) < 4.78 is 0. The number of rotatable bonds is 8. The zero-order chi connectivity index (χ0) is 17.9. The standard InChI is InChI=1S/C19H27N5O/c1-2-23(15-17-6-4-3-5-7-17)16-18(14-20)19(25)22-10-13-24-11-8-21-9-12-24/h3-7,16,21H,2,8-13,15H2,1H3,(H,22,25)/b18-16-. The van der Waals surface area contributed by atoms with Crippen LogP contribution in [-0.4, -0.2) is 61.5 Å². The number of nitrogens with one attached hydrogen (secondary N) is 2. The average Bonchev–Trinajstić information content (AvgIpc) is 2.66. The van der Waals surface area contributed by atoms with Crippen molar-refractivity contribution in [3.05, 3.63) is 47.7 Å². The lowest BCUT2D eigenvalue weighted by Gasteiger charge is -2.27. The smallest absolute Gasteiger partial charge is 0.263 e. The number of amides is 1. The van der Waals surface area contributed by atoms with Gasteiger partial charge in [0.15, 0.2) is 0 Å². The van der Waals surface area contributed by atoms with E-state index in [1.807, 2.05) is 48.2 Å². The van der Waals surface area contributed by atoms with Crippen LogP contribution >= 0.6 is 0 Å². The number of carbonyl (C=O) groups is 1. The molecule has 6 nitrogen and oxygen atoms in total. The van der Waals surface area contributed by atoms with Crippen LogP contribution in [0, 0.1) is 11.3 Å². The van der Waals surface area contributed by atoms with Gasteiger partial charge >= 0.3 is 0 Å². The summed E-state index contributed by atoms with van der Waals surface area (Å²) in [6.45, 7) is 8.76. The number of hydrogen-bond acceptors (Lipinski definition) is 5. The highest BCUT2D eigenvalue weighted by Crippen LogP contribution is 2.07. The largest absolute Gasteiger partial charge is 0.372 e. The Labute approximate surface area is 150 Å². The van der Waals surface area contributed by atoms with E-state index in [0.717, 1.165) is 44.8 Å². The Morgan fingerprint density at radius 1 is 1.36 bits per heavy atom. The number of piperazine rings is 1. The number of nitrogens with zero attached hydrogens (tertiary/aromatic N) is 3. The summed E-state index contributed by atoms with van der Waals surface area (Å²) in [6.07, 6.45) is 1.66. The highest BCUT2D eigenvalue weighted by molar-refractivity contribution is 5.97. The van der Waals surface area contributed by atoms with Crippen molar-refractivity contribution in [3.63, 3.8) is 0 Å². The van der Waals surface area contributed by atoms with Crippen LogP contribution in [0.15, 0.2) is 42.1 Å². The molecule has 1 saturated heterocycles. The molecule has 1 fully saturated rings. The van der Waals surface area contributed by atoms with Crippen LogP contribution in [0.1, 0.15) is 12.5 Å². The van der Waals surface area contributed by atoms with Crippen molar-refractivity contribution in [1.29, 1.82) is 5.26 Å². The van der Waals surface area contributed by atoms with Crippen LogP contribution in [0.25, 0.3) is 0 Å². The van der Waals surface area contributed by atoms with Crippen LogP contribution < -0.4 is 10.6 Å². The van der Waals surface area contributed by atoms with Gasteiger partial charge in [0, 0.05) is 58.6 Å². The second-order valence-corrected chi connectivity index (χ2v) is 6.05. The Balaban J connectivity index is 1.86. The maximum atomic E-state index is 12.3. The SMILES string of the molecule is CCN(/C=C(/C#N)C(=O)NCCN1CCNCC1)Cc1ccccc1. The molecule has 1 aliphatic rings. The second kappa shape index (κ2) is 10.5. The molecule has 134 valence electrons. The molecule has 0 aliphatic carbocycles. The van der Waals surface area contributed by atoms with E-state index < -0.39 is 0 Å². The Kier molecular flexibility index (Phi) is 7.96. The van der Waals surface area contributed by atoms with Gasteiger partial charge in [0.1, 0.15) is 11.6 Å². The normalized spacial score (nSPS) is 15.4. The van der Waals surface area contributed by atoms with Crippen LogP contribution in [0.3, 0.4) is 0 Å². The van der Waals surface area contributed by atoms with Gasteiger partial charge in [-0.3, -0.25) is 9.69 Å². The summed E-state index contributed by atoms with van der Waals surface area (Å²) in [5, 5.41) is 15.5. The molecule has 25 heavy (non-hydrogen) atoms. The van der Waals surface area contributed by atoms with Crippen molar-refractivity contribution >= 4 is 5.91 Å². The Morgan fingerprint density at radius 2 is 2.08 bits per heavy atom. The topological polar surface area (TPSA) is 71.4 Å². The molecule has 0 bridgehead atoms. The highest BCUT2D eigenvalue weighted by atomic mass is 16.1. The lowest BCUT2D eigenvalue weighted by Crippen LogP contribution is -2.46. The van der Waals surface area contributed by atoms with Gasteiger partial charge in [-0.2, -0.15) is 5.26 Å². The Hall–Kier alpha value is -2.36. The first-order chi connectivity index (χ1) is 12.2. The summed E-state index contributed by atoms with van der Waals surface area (Å²) >= 11 is 0. The van der Waals surface area contributed by atoms with Gasteiger partial charge in [-0.1, -0.05) is 30.3 Å². The molecule has 0 radical (unpaired) electrons. The first kappa shape index (κ1) is 19.0. The summed E-state index contributed by atoms with van der Waals surface area (Å²) in [4.78, 5) is 16.5. The highest BCUT2D eigenvalue weighted by Gasteiger charge is 2.13. The quantitative estimate of drug-likeness (QED) is 0.544. The van der Waals surface area contributed by atoms with Crippen LogP contribution in [0.4, 0.5) is 0 Å². The molecule has 6 heteroatoms. The van der Waals surface area contributed by atoms with Gasteiger partial charge in [0.2, 0.25) is 0 Å². The molecular formula is C19H27N5O. The molecule has 2 N–H and O–H groups in total. The molecule has 0 aromatic heterocycles. The van der Waals surface area contributed by atoms with Crippen molar-refractivity contribution in [3.8, 4) is 6.07 Å². The predicted octanol–water partition coefficient (Wildman–Crippen LogP) is 0.937. The van der Waals surface area contributed by atoms with Crippen molar-refractivity contribution in [1.82, 2.24) is 20.4 Å². The van der Waals surface area contributed by atoms with Crippen molar-refractivity contribution in [2.75, 3.05) is 45.8 Å². The van der Waals surface area contributed by atoms with Gasteiger partial charge in [0.25, 0.3) is 5.91 Å². The average molecular weight is 341 g/mol. The molecule has 0 unspecified atom stereocenters. The summed E-state index contributed by atoms with van der Waals surface area (Å²) in [5.41, 5.74) is 1.30. The van der Waals surface area contributed by atoms with Crippen LogP contribution in [-0.2, 0) is 11.3 Å². The third-order valence-corrected chi connectivity index (χ3v) is 4.23. The van der Waals surface area contributed by atoms with E-state index in [2.05, 4.69) is 15.5 Å². The third-order valence-electron chi connectivity index (χ3n) is 4.23. The molecular weight excluding hydrogens is 314 g/mol. The number of nitriles is 1. The molecule has 1 heterocycles. The van der Waals surface area contributed by atoms with E-state index in [-0.39, 0.29) is 11.5 Å². The predicted molar refractivity (Wildman–Crippen MR) is 98.5 cm³/mol. The lowest BCUT2D eigenvalue weighted by atomic mass is 10.2. The summed E-state index contributed by atoms with van der Waals surface area (Å²) in [7, 11) is 0. The van der Waals surface area contributed by atoms with Crippen molar-refractivity contribution < 1.29 is 4.79 Å². The monoisotopic (exact) mass is 341 g/mol. The summed E-state index contributed by atoms with van der Waals surface area (Å²) in [5.74, 6) is -0.302. The van der Waals surface area contributed by atoms with Crippen molar-refractivity contribution in [2.24, 2.45) is 0 Å². The molecule has 0 spiro atoms. The molecule has 1 aromatic carbocycles. The van der Waals surface area contributed by atoms with E-state index in [0.29, 0.717) is 13.1 Å². The molecule has 1 aromatic rings. The van der Waals surface area contributed by atoms with Gasteiger partial charge < -0.3 is 15.5 Å². The Bertz CT molecular complexity index is 602. The fourth-order valence-electron chi connectivity index (χ4n) is 2.75. The fourth-order valence-corrected chi connectivity index (χ4v) is 2.75. The van der Waals surface area contributed by atoms with E-state index >= 15 is 0 Å². The molecule has 0 saturated carbocycles. The zero-order valence-corrected chi connectivity index (χ0v) is 14.9. The molecule has 2 rings (SSSR count). The van der Waals surface area contributed by atoms with Gasteiger partial charge in [-0.15, -0.1) is 0 Å². The van der Waals surface area contributed by atoms with Gasteiger partial charge in [-0.05, 0) is 12.5 Å². The first-order valence-electron chi connectivity index (χ1n) is 8.84. The number of hydrogen-bond donors (Lipinski definition) is 2. The van der Waals surface area contributed by atoms with E-state index in [9.17, 15) is 10.1 Å². The van der Waals surface area contributed by atoms with E-state index in [4.69, 9.17) is 0 Å². The number of carbonyl (C=O) groups excluding carboxylic acids is 1. The van der Waals surface area contributed by atoms with Crippen molar-refractivity contribution in [2.45, 2.75) is 13.5 Å². The van der Waals surface area contributed by atoms with Crippen LogP contribution in [0.5, 0.6) is 0 Å². The second-order valence-electron chi connectivity index (χ2n) is 6.05.